The molecule has 0 spiro atoms. The van der Waals surface area contributed by atoms with Crippen LogP contribution in [0.1, 0.15) is 0 Å². The Morgan fingerprint density at radius 3 is 2.43 bits per heavy atom. The van der Waals surface area contributed by atoms with Crippen molar-refractivity contribution in [3.05, 3.63) is 59.0 Å². The van der Waals surface area contributed by atoms with E-state index >= 15 is 0 Å². The molecule has 2 aromatic heterocycles. The molecular formula is C14H14Cl2N4O. The number of hydrogen-bond acceptors (Lipinski definition) is 4. The van der Waals surface area contributed by atoms with E-state index in [1.807, 2.05) is 30.3 Å². The first-order chi connectivity index (χ1) is 9.22. The van der Waals surface area contributed by atoms with Crippen molar-refractivity contribution in [1.82, 2.24) is 9.97 Å². The van der Waals surface area contributed by atoms with Crippen molar-refractivity contribution in [3.63, 3.8) is 0 Å². The molecule has 0 unspecified atom stereocenters. The van der Waals surface area contributed by atoms with E-state index in [1.54, 1.807) is 12.3 Å². The molecule has 110 valence electrons. The summed E-state index contributed by atoms with van der Waals surface area (Å²) >= 11 is 0. The Morgan fingerprint density at radius 1 is 1.00 bits per heavy atom. The Kier molecular flexibility index (Phi) is 5.58. The summed E-state index contributed by atoms with van der Waals surface area (Å²) in [6, 6.07) is 12.5. The number of nitrogens with zero attached hydrogens (tertiary/aromatic N) is 1. The van der Waals surface area contributed by atoms with Crippen LogP contribution in [0.15, 0.2) is 53.5 Å². The molecule has 0 aliphatic heterocycles. The maximum atomic E-state index is 11.3. The van der Waals surface area contributed by atoms with E-state index < -0.39 is 0 Å². The van der Waals surface area contributed by atoms with Crippen LogP contribution in [0.5, 0.6) is 0 Å². The number of rotatable bonds is 2. The molecule has 7 heteroatoms. The van der Waals surface area contributed by atoms with Gasteiger partial charge in [-0.15, -0.1) is 24.8 Å². The van der Waals surface area contributed by atoms with Crippen LogP contribution >= 0.6 is 24.8 Å². The molecule has 0 aliphatic carbocycles. The highest BCUT2D eigenvalue weighted by Gasteiger charge is 2.02. The summed E-state index contributed by atoms with van der Waals surface area (Å²) in [5, 5.41) is 4.14. The minimum Gasteiger partial charge on any atom is -0.399 e. The highest BCUT2D eigenvalue weighted by atomic mass is 35.5. The van der Waals surface area contributed by atoms with Crippen LogP contribution in [-0.2, 0) is 0 Å². The van der Waals surface area contributed by atoms with Crippen LogP contribution in [0.2, 0.25) is 0 Å². The number of aromatic amines is 1. The number of H-pyrrole nitrogens is 1. The second kappa shape index (κ2) is 6.97. The lowest BCUT2D eigenvalue weighted by Gasteiger charge is -2.09. The Hall–Kier alpha value is -2.24. The fourth-order valence-electron chi connectivity index (χ4n) is 1.89. The van der Waals surface area contributed by atoms with Crippen LogP contribution in [0.25, 0.3) is 11.0 Å². The van der Waals surface area contributed by atoms with Crippen molar-refractivity contribution in [1.29, 1.82) is 0 Å². The molecule has 0 fully saturated rings. The molecule has 0 bridgehead atoms. The van der Waals surface area contributed by atoms with Gasteiger partial charge in [0.1, 0.15) is 5.65 Å². The zero-order valence-corrected chi connectivity index (χ0v) is 12.5. The first kappa shape index (κ1) is 16.8. The highest BCUT2D eigenvalue weighted by Crippen LogP contribution is 2.23. The third kappa shape index (κ3) is 3.65. The van der Waals surface area contributed by atoms with Crippen LogP contribution < -0.4 is 16.6 Å². The second-order valence-electron chi connectivity index (χ2n) is 4.19. The molecule has 0 radical (unpaired) electrons. The number of halogens is 2. The van der Waals surface area contributed by atoms with E-state index in [0.717, 1.165) is 22.4 Å². The molecule has 0 aliphatic rings. The van der Waals surface area contributed by atoms with Crippen LogP contribution in [-0.4, -0.2) is 9.97 Å². The molecule has 21 heavy (non-hydrogen) atoms. The molecule has 0 amide bonds. The topological polar surface area (TPSA) is 83.8 Å². The summed E-state index contributed by atoms with van der Waals surface area (Å²) in [7, 11) is 0. The summed E-state index contributed by atoms with van der Waals surface area (Å²) in [5.41, 5.74) is 8.57. The third-order valence-corrected chi connectivity index (χ3v) is 2.82. The smallest absolute Gasteiger partial charge is 0.249 e. The standard InChI is InChI=1S/C14H12N4O.2ClH/c15-9-1-3-10(4-2-9)17-12-7-8-16-14-11(12)5-6-13(19)18-14;;/h1-8H,15H2,(H2,16,17,18,19);2*1H. The highest BCUT2D eigenvalue weighted by molar-refractivity contribution is 5.90. The van der Waals surface area contributed by atoms with E-state index in [2.05, 4.69) is 15.3 Å². The number of nitrogens with one attached hydrogen (secondary N) is 2. The summed E-state index contributed by atoms with van der Waals surface area (Å²) in [6.07, 6.45) is 1.65. The van der Waals surface area contributed by atoms with Gasteiger partial charge in [0, 0.05) is 29.0 Å². The Bertz CT molecular complexity index is 787. The van der Waals surface area contributed by atoms with Gasteiger partial charge in [-0.25, -0.2) is 4.98 Å². The third-order valence-electron chi connectivity index (χ3n) is 2.82. The first-order valence-electron chi connectivity index (χ1n) is 5.83. The summed E-state index contributed by atoms with van der Waals surface area (Å²) < 4.78 is 0. The predicted molar refractivity (Wildman–Crippen MR) is 91.0 cm³/mol. The molecule has 0 saturated heterocycles. The zero-order valence-electron chi connectivity index (χ0n) is 10.9. The lowest BCUT2D eigenvalue weighted by Crippen LogP contribution is -2.04. The lowest BCUT2D eigenvalue weighted by atomic mass is 10.2. The van der Waals surface area contributed by atoms with Crippen molar-refractivity contribution in [3.8, 4) is 0 Å². The van der Waals surface area contributed by atoms with Crippen LogP contribution in [0.4, 0.5) is 17.1 Å². The van der Waals surface area contributed by atoms with Crippen molar-refractivity contribution in [2.75, 3.05) is 11.1 Å². The van der Waals surface area contributed by atoms with Gasteiger partial charge >= 0.3 is 0 Å². The summed E-state index contributed by atoms with van der Waals surface area (Å²) in [4.78, 5) is 18.1. The van der Waals surface area contributed by atoms with Gasteiger partial charge in [-0.3, -0.25) is 4.79 Å². The lowest BCUT2D eigenvalue weighted by molar-refractivity contribution is 1.23. The maximum absolute atomic E-state index is 11.3. The summed E-state index contributed by atoms with van der Waals surface area (Å²) in [5.74, 6) is 0. The second-order valence-corrected chi connectivity index (χ2v) is 4.19. The van der Waals surface area contributed by atoms with Crippen LogP contribution in [0, 0.1) is 0 Å². The number of nitrogen functional groups attached to an aromatic ring is 1. The van der Waals surface area contributed by atoms with E-state index in [4.69, 9.17) is 5.73 Å². The van der Waals surface area contributed by atoms with Gasteiger partial charge < -0.3 is 16.0 Å². The van der Waals surface area contributed by atoms with E-state index in [0.29, 0.717) is 5.65 Å². The number of aromatic nitrogens is 2. The van der Waals surface area contributed by atoms with Crippen molar-refractivity contribution in [2.45, 2.75) is 0 Å². The van der Waals surface area contributed by atoms with E-state index in [-0.39, 0.29) is 30.4 Å². The number of hydrogen-bond donors (Lipinski definition) is 3. The number of benzene rings is 1. The fraction of sp³-hybridized carbons (Fsp3) is 0. The average Bonchev–Trinajstić information content (AvgIpc) is 2.41. The zero-order chi connectivity index (χ0) is 13.2. The first-order valence-corrected chi connectivity index (χ1v) is 5.83. The molecule has 0 saturated carbocycles. The molecule has 5 nitrogen and oxygen atoms in total. The minimum absolute atomic E-state index is 0. The van der Waals surface area contributed by atoms with Crippen molar-refractivity contribution >= 4 is 52.9 Å². The summed E-state index contributed by atoms with van der Waals surface area (Å²) in [6.45, 7) is 0. The van der Waals surface area contributed by atoms with E-state index in [1.165, 1.54) is 6.07 Å². The van der Waals surface area contributed by atoms with Crippen molar-refractivity contribution in [2.24, 2.45) is 0 Å². The quantitative estimate of drug-likeness (QED) is 0.632. The maximum Gasteiger partial charge on any atom is 0.249 e. The molecule has 2 heterocycles. The monoisotopic (exact) mass is 324 g/mol. The SMILES string of the molecule is Cl.Cl.Nc1ccc(Nc2ccnc3[nH]c(=O)ccc23)cc1. The Morgan fingerprint density at radius 2 is 1.71 bits per heavy atom. The fourth-order valence-corrected chi connectivity index (χ4v) is 1.89. The van der Waals surface area contributed by atoms with Gasteiger partial charge in [0.15, 0.2) is 0 Å². The van der Waals surface area contributed by atoms with Crippen molar-refractivity contribution < 1.29 is 0 Å². The number of anilines is 3. The molecule has 1 aromatic carbocycles. The number of nitrogens with two attached hydrogens (primary N) is 1. The molecule has 3 rings (SSSR count). The molecule has 4 N–H and O–H groups in total. The van der Waals surface area contributed by atoms with Gasteiger partial charge in [-0.1, -0.05) is 0 Å². The number of pyridine rings is 2. The van der Waals surface area contributed by atoms with E-state index in [9.17, 15) is 4.79 Å². The average molecular weight is 325 g/mol. The largest absolute Gasteiger partial charge is 0.399 e. The molecular weight excluding hydrogens is 311 g/mol. The predicted octanol–water partition coefficient (Wildman–Crippen LogP) is 3.09. The van der Waals surface area contributed by atoms with Gasteiger partial charge in [-0.2, -0.15) is 0 Å². The normalized spacial score (nSPS) is 9.52. The molecule has 3 aromatic rings. The van der Waals surface area contributed by atoms with Gasteiger partial charge in [0.2, 0.25) is 5.56 Å². The number of fused-ring (bicyclic) bond motifs is 1. The van der Waals surface area contributed by atoms with Gasteiger partial charge in [0.25, 0.3) is 0 Å². The van der Waals surface area contributed by atoms with Gasteiger partial charge in [0.05, 0.1) is 5.69 Å². The Labute approximate surface area is 133 Å². The van der Waals surface area contributed by atoms with Crippen LogP contribution in [0.3, 0.4) is 0 Å². The molecule has 0 atom stereocenters. The van der Waals surface area contributed by atoms with Gasteiger partial charge in [-0.05, 0) is 36.4 Å². The minimum atomic E-state index is -0.162. The Balaban J connectivity index is 0.00000110.